The number of nitrogens with zero attached hydrogens (tertiary/aromatic N) is 1. The van der Waals surface area contributed by atoms with Gasteiger partial charge in [-0.2, -0.15) is 0 Å². The van der Waals surface area contributed by atoms with Crippen molar-refractivity contribution >= 4 is 22.9 Å². The third-order valence-electron chi connectivity index (χ3n) is 3.38. The van der Waals surface area contributed by atoms with Crippen molar-refractivity contribution in [3.05, 3.63) is 50.9 Å². The maximum atomic E-state index is 5.96. The summed E-state index contributed by atoms with van der Waals surface area (Å²) in [6.45, 7) is 7.44. The van der Waals surface area contributed by atoms with Crippen molar-refractivity contribution in [3.8, 4) is 0 Å². The molecular formula is C17H23ClN2S. The molecule has 1 unspecified atom stereocenters. The van der Waals surface area contributed by atoms with Crippen LogP contribution in [0, 0.1) is 12.8 Å². The van der Waals surface area contributed by atoms with Gasteiger partial charge in [-0.25, -0.2) is 4.98 Å². The van der Waals surface area contributed by atoms with Crippen molar-refractivity contribution in [2.75, 3.05) is 6.54 Å². The molecule has 0 aliphatic carbocycles. The normalized spacial score (nSPS) is 12.8. The van der Waals surface area contributed by atoms with Crippen LogP contribution in [0.25, 0.3) is 0 Å². The largest absolute Gasteiger partial charge is 0.314 e. The van der Waals surface area contributed by atoms with Gasteiger partial charge in [0, 0.05) is 28.6 Å². The van der Waals surface area contributed by atoms with E-state index in [4.69, 9.17) is 11.6 Å². The Labute approximate surface area is 136 Å². The topological polar surface area (TPSA) is 24.9 Å². The highest BCUT2D eigenvalue weighted by Crippen LogP contribution is 2.19. The average Bonchev–Trinajstić information content (AvgIpc) is 2.84. The Balaban J connectivity index is 2.02. The van der Waals surface area contributed by atoms with Crippen LogP contribution in [0.5, 0.6) is 0 Å². The minimum absolute atomic E-state index is 0.510. The summed E-state index contributed by atoms with van der Waals surface area (Å²) < 4.78 is 0. The molecule has 0 radical (unpaired) electrons. The number of hydrogen-bond donors (Lipinski definition) is 1. The monoisotopic (exact) mass is 322 g/mol. The minimum Gasteiger partial charge on any atom is -0.314 e. The number of aryl methyl sites for hydroxylation is 1. The summed E-state index contributed by atoms with van der Waals surface area (Å²) in [7, 11) is 0. The maximum absolute atomic E-state index is 5.96. The van der Waals surface area contributed by atoms with E-state index in [2.05, 4.69) is 48.6 Å². The standard InChI is InChI=1S/C17H23ClN2S/c1-12(2)19-10-15(9-17-20-13(3)11-21-17)8-14-4-6-16(18)7-5-14/h4-7,11-12,15,19H,8-10H2,1-3H3. The first-order valence-corrected chi connectivity index (χ1v) is 8.67. The summed E-state index contributed by atoms with van der Waals surface area (Å²) in [5.74, 6) is 0.555. The summed E-state index contributed by atoms with van der Waals surface area (Å²) in [5.41, 5.74) is 2.46. The molecule has 0 saturated heterocycles. The molecule has 1 heterocycles. The zero-order valence-corrected chi connectivity index (χ0v) is 14.5. The van der Waals surface area contributed by atoms with E-state index >= 15 is 0 Å². The fraction of sp³-hybridized carbons (Fsp3) is 0.471. The molecule has 0 bridgehead atoms. The first-order valence-electron chi connectivity index (χ1n) is 7.41. The van der Waals surface area contributed by atoms with Gasteiger partial charge in [0.15, 0.2) is 0 Å². The molecule has 2 nitrogen and oxygen atoms in total. The van der Waals surface area contributed by atoms with Gasteiger partial charge in [0.2, 0.25) is 0 Å². The first-order chi connectivity index (χ1) is 10.0. The lowest BCUT2D eigenvalue weighted by atomic mass is 9.96. The van der Waals surface area contributed by atoms with E-state index < -0.39 is 0 Å². The highest BCUT2D eigenvalue weighted by Gasteiger charge is 2.13. The predicted molar refractivity (Wildman–Crippen MR) is 92.3 cm³/mol. The molecule has 1 N–H and O–H groups in total. The van der Waals surface area contributed by atoms with Gasteiger partial charge in [-0.3, -0.25) is 0 Å². The van der Waals surface area contributed by atoms with Gasteiger partial charge in [0.1, 0.15) is 0 Å². The highest BCUT2D eigenvalue weighted by atomic mass is 35.5. The summed E-state index contributed by atoms with van der Waals surface area (Å²) in [4.78, 5) is 4.60. The molecule has 0 aliphatic heterocycles. The van der Waals surface area contributed by atoms with Crippen molar-refractivity contribution in [2.45, 2.75) is 39.7 Å². The fourth-order valence-corrected chi connectivity index (χ4v) is 3.33. The van der Waals surface area contributed by atoms with Crippen LogP contribution in [0.15, 0.2) is 29.6 Å². The Morgan fingerprint density at radius 3 is 2.48 bits per heavy atom. The second-order valence-electron chi connectivity index (χ2n) is 5.85. The third-order valence-corrected chi connectivity index (χ3v) is 4.62. The quantitative estimate of drug-likeness (QED) is 0.811. The molecule has 21 heavy (non-hydrogen) atoms. The van der Waals surface area contributed by atoms with Gasteiger partial charge in [-0.05, 0) is 43.5 Å². The number of hydrogen-bond acceptors (Lipinski definition) is 3. The summed E-state index contributed by atoms with van der Waals surface area (Å²) in [5, 5.41) is 7.72. The van der Waals surface area contributed by atoms with E-state index in [-0.39, 0.29) is 0 Å². The van der Waals surface area contributed by atoms with Crippen LogP contribution < -0.4 is 5.32 Å². The molecule has 0 spiro atoms. The molecule has 4 heteroatoms. The zero-order chi connectivity index (χ0) is 15.2. The molecule has 1 aromatic carbocycles. The summed E-state index contributed by atoms with van der Waals surface area (Å²) in [6, 6.07) is 8.69. The second-order valence-corrected chi connectivity index (χ2v) is 7.23. The number of rotatable bonds is 7. The lowest BCUT2D eigenvalue weighted by Crippen LogP contribution is -2.31. The smallest absolute Gasteiger partial charge is 0.0931 e. The molecule has 0 amide bonds. The van der Waals surface area contributed by atoms with Gasteiger partial charge in [-0.15, -0.1) is 11.3 Å². The molecule has 114 valence electrons. The molecule has 1 atom stereocenters. The van der Waals surface area contributed by atoms with E-state index in [1.54, 1.807) is 11.3 Å². The maximum Gasteiger partial charge on any atom is 0.0931 e. The van der Waals surface area contributed by atoms with Gasteiger partial charge in [0.05, 0.1) is 5.01 Å². The number of thiazole rings is 1. The van der Waals surface area contributed by atoms with Crippen molar-refractivity contribution in [1.82, 2.24) is 10.3 Å². The van der Waals surface area contributed by atoms with Crippen LogP contribution in [0.3, 0.4) is 0 Å². The Hall–Kier alpha value is -0.900. The number of aromatic nitrogens is 1. The Morgan fingerprint density at radius 1 is 1.19 bits per heavy atom. The van der Waals surface area contributed by atoms with E-state index in [1.807, 2.05) is 12.1 Å². The van der Waals surface area contributed by atoms with Crippen molar-refractivity contribution < 1.29 is 0 Å². The fourth-order valence-electron chi connectivity index (χ4n) is 2.32. The van der Waals surface area contributed by atoms with Crippen LogP contribution in [-0.2, 0) is 12.8 Å². The molecule has 0 saturated carbocycles. The average molecular weight is 323 g/mol. The molecular weight excluding hydrogens is 300 g/mol. The lowest BCUT2D eigenvalue weighted by Gasteiger charge is -2.18. The molecule has 1 aromatic heterocycles. The molecule has 2 aromatic rings. The second kappa shape index (κ2) is 7.92. The van der Waals surface area contributed by atoms with Gasteiger partial charge in [0.25, 0.3) is 0 Å². The summed E-state index contributed by atoms with van der Waals surface area (Å²) >= 11 is 7.73. The predicted octanol–water partition coefficient (Wildman–Crippen LogP) is 4.50. The zero-order valence-electron chi connectivity index (χ0n) is 12.9. The van der Waals surface area contributed by atoms with Crippen LogP contribution >= 0.6 is 22.9 Å². The van der Waals surface area contributed by atoms with Gasteiger partial charge < -0.3 is 5.32 Å². The van der Waals surface area contributed by atoms with E-state index in [9.17, 15) is 0 Å². The van der Waals surface area contributed by atoms with Crippen LogP contribution in [-0.4, -0.2) is 17.6 Å². The van der Waals surface area contributed by atoms with E-state index in [1.165, 1.54) is 10.6 Å². The third kappa shape index (κ3) is 5.77. The number of halogens is 1. The van der Waals surface area contributed by atoms with Crippen LogP contribution in [0.2, 0.25) is 5.02 Å². The van der Waals surface area contributed by atoms with E-state index in [0.717, 1.165) is 30.1 Å². The Kier molecular flexibility index (Phi) is 6.22. The van der Waals surface area contributed by atoms with Crippen LogP contribution in [0.1, 0.15) is 30.1 Å². The van der Waals surface area contributed by atoms with Crippen molar-refractivity contribution in [1.29, 1.82) is 0 Å². The van der Waals surface area contributed by atoms with E-state index in [0.29, 0.717) is 12.0 Å². The molecule has 0 aliphatic rings. The van der Waals surface area contributed by atoms with Crippen molar-refractivity contribution in [3.63, 3.8) is 0 Å². The number of nitrogens with one attached hydrogen (secondary N) is 1. The van der Waals surface area contributed by atoms with Crippen molar-refractivity contribution in [2.24, 2.45) is 5.92 Å². The molecule has 2 rings (SSSR count). The first kappa shape index (κ1) is 16.5. The van der Waals surface area contributed by atoms with Gasteiger partial charge in [-0.1, -0.05) is 37.6 Å². The summed E-state index contributed by atoms with van der Waals surface area (Å²) in [6.07, 6.45) is 2.08. The van der Waals surface area contributed by atoms with Crippen LogP contribution in [0.4, 0.5) is 0 Å². The number of benzene rings is 1. The SMILES string of the molecule is Cc1csc(CC(CNC(C)C)Cc2ccc(Cl)cc2)n1. The lowest BCUT2D eigenvalue weighted by molar-refractivity contribution is 0.443. The molecule has 0 fully saturated rings. The Bertz CT molecular complexity index is 548. The minimum atomic E-state index is 0.510. The van der Waals surface area contributed by atoms with Gasteiger partial charge >= 0.3 is 0 Å². The Morgan fingerprint density at radius 2 is 1.90 bits per heavy atom. The highest BCUT2D eigenvalue weighted by molar-refractivity contribution is 7.09.